The summed E-state index contributed by atoms with van der Waals surface area (Å²) in [4.78, 5) is 46.8. The second-order valence-corrected chi connectivity index (χ2v) is 4.90. The highest BCUT2D eigenvalue weighted by atomic mass is 79.9. The predicted octanol–water partition coefficient (Wildman–Crippen LogP) is -1.91. The van der Waals surface area contributed by atoms with Gasteiger partial charge in [0.2, 0.25) is 23.6 Å². The van der Waals surface area contributed by atoms with Crippen molar-refractivity contribution in [1.29, 1.82) is 0 Å². The van der Waals surface area contributed by atoms with Crippen molar-refractivity contribution >= 4 is 39.6 Å². The van der Waals surface area contributed by atoms with Gasteiger partial charge in [0.25, 0.3) is 0 Å². The molecule has 8 nitrogen and oxygen atoms in total. The molecule has 1 fully saturated rings. The van der Waals surface area contributed by atoms with E-state index in [1.807, 2.05) is 0 Å². The maximum atomic E-state index is 11.9. The molecule has 0 spiro atoms. The van der Waals surface area contributed by atoms with Crippen molar-refractivity contribution in [2.45, 2.75) is 18.9 Å². The standard InChI is InChI=1S/C11H17BrN4O4/c12-4-10(19)16-3-1-2-7(16)11(20)15-6-9(18)14-5-8(13)17/h7H,1-6H2,(H2,13,17)(H,14,18)(H,15,20)/t7-/m0/s1. The first-order valence-corrected chi connectivity index (χ1v) is 7.26. The molecule has 9 heteroatoms. The molecule has 20 heavy (non-hydrogen) atoms. The number of rotatable bonds is 6. The summed E-state index contributed by atoms with van der Waals surface area (Å²) in [5, 5.41) is 4.86. The van der Waals surface area contributed by atoms with Gasteiger partial charge in [0.05, 0.1) is 18.4 Å². The Morgan fingerprint density at radius 1 is 1.20 bits per heavy atom. The molecule has 0 aromatic rings. The molecule has 0 saturated carbocycles. The van der Waals surface area contributed by atoms with E-state index in [0.29, 0.717) is 13.0 Å². The molecule has 1 heterocycles. The van der Waals surface area contributed by atoms with Gasteiger partial charge in [0.1, 0.15) is 6.04 Å². The summed E-state index contributed by atoms with van der Waals surface area (Å²) in [5.74, 6) is -1.69. The average molecular weight is 349 g/mol. The smallest absolute Gasteiger partial charge is 0.243 e. The molecule has 0 aromatic carbocycles. The number of halogens is 1. The van der Waals surface area contributed by atoms with E-state index in [2.05, 4.69) is 26.6 Å². The molecule has 1 saturated heterocycles. The van der Waals surface area contributed by atoms with E-state index in [1.54, 1.807) is 0 Å². The van der Waals surface area contributed by atoms with Crippen LogP contribution >= 0.6 is 15.9 Å². The third kappa shape index (κ3) is 4.80. The van der Waals surface area contributed by atoms with Crippen molar-refractivity contribution in [1.82, 2.24) is 15.5 Å². The van der Waals surface area contributed by atoms with E-state index in [1.165, 1.54) is 4.90 Å². The summed E-state index contributed by atoms with van der Waals surface area (Å²) in [6.45, 7) is 0.0156. The zero-order valence-electron chi connectivity index (χ0n) is 10.9. The van der Waals surface area contributed by atoms with E-state index < -0.39 is 17.9 Å². The molecule has 1 atom stereocenters. The van der Waals surface area contributed by atoms with Crippen molar-refractivity contribution in [3.8, 4) is 0 Å². The van der Waals surface area contributed by atoms with Gasteiger partial charge in [-0.1, -0.05) is 15.9 Å². The molecule has 0 bridgehead atoms. The van der Waals surface area contributed by atoms with E-state index >= 15 is 0 Å². The van der Waals surface area contributed by atoms with Gasteiger partial charge in [-0.2, -0.15) is 0 Å². The molecule has 0 aliphatic carbocycles. The predicted molar refractivity (Wildman–Crippen MR) is 73.7 cm³/mol. The molecule has 0 unspecified atom stereocenters. The number of nitrogens with two attached hydrogens (primary N) is 1. The summed E-state index contributed by atoms with van der Waals surface area (Å²) in [7, 11) is 0. The van der Waals surface area contributed by atoms with Crippen LogP contribution in [0.25, 0.3) is 0 Å². The van der Waals surface area contributed by atoms with Crippen molar-refractivity contribution < 1.29 is 19.2 Å². The zero-order valence-corrected chi connectivity index (χ0v) is 12.4. The van der Waals surface area contributed by atoms with Crippen LogP contribution in [0.5, 0.6) is 0 Å². The largest absolute Gasteiger partial charge is 0.368 e. The molecule has 1 aliphatic rings. The Morgan fingerprint density at radius 3 is 2.50 bits per heavy atom. The van der Waals surface area contributed by atoms with Crippen LogP contribution < -0.4 is 16.4 Å². The van der Waals surface area contributed by atoms with E-state index in [9.17, 15) is 19.2 Å². The minimum absolute atomic E-state index is 0.152. The number of carbonyl (C=O) groups excluding carboxylic acids is 4. The van der Waals surface area contributed by atoms with Crippen LogP contribution in [0.1, 0.15) is 12.8 Å². The number of nitrogens with zero attached hydrogens (tertiary/aromatic N) is 1. The lowest BCUT2D eigenvalue weighted by atomic mass is 10.2. The van der Waals surface area contributed by atoms with Crippen molar-refractivity contribution in [3.05, 3.63) is 0 Å². The molecule has 0 radical (unpaired) electrons. The molecular formula is C11H17BrN4O4. The number of nitrogens with one attached hydrogen (secondary N) is 2. The number of carbonyl (C=O) groups is 4. The zero-order chi connectivity index (χ0) is 15.1. The van der Waals surface area contributed by atoms with E-state index in [-0.39, 0.29) is 30.2 Å². The van der Waals surface area contributed by atoms with Crippen LogP contribution in [-0.4, -0.2) is 59.5 Å². The van der Waals surface area contributed by atoms with E-state index in [4.69, 9.17) is 5.73 Å². The van der Waals surface area contributed by atoms with Gasteiger partial charge >= 0.3 is 0 Å². The summed E-state index contributed by atoms with van der Waals surface area (Å²) in [5.41, 5.74) is 4.87. The molecule has 1 rings (SSSR count). The minimum atomic E-state index is -0.658. The highest BCUT2D eigenvalue weighted by Gasteiger charge is 2.33. The lowest BCUT2D eigenvalue weighted by molar-refractivity contribution is -0.137. The van der Waals surface area contributed by atoms with E-state index in [0.717, 1.165) is 6.42 Å². The van der Waals surface area contributed by atoms with Crippen LogP contribution in [0, 0.1) is 0 Å². The average Bonchev–Trinajstić information content (AvgIpc) is 2.90. The monoisotopic (exact) mass is 348 g/mol. The summed E-state index contributed by atoms with van der Waals surface area (Å²) in [6, 6.07) is -0.538. The molecule has 4 N–H and O–H groups in total. The number of primary amides is 1. The SMILES string of the molecule is NC(=O)CNC(=O)CNC(=O)[C@@H]1CCCN1C(=O)CBr. The Balaban J connectivity index is 2.40. The van der Waals surface area contributed by atoms with Crippen LogP contribution in [0.15, 0.2) is 0 Å². The highest BCUT2D eigenvalue weighted by Crippen LogP contribution is 2.17. The fourth-order valence-electron chi connectivity index (χ4n) is 1.95. The van der Waals surface area contributed by atoms with Crippen molar-refractivity contribution in [2.75, 3.05) is 25.0 Å². The van der Waals surface area contributed by atoms with Crippen LogP contribution in [-0.2, 0) is 19.2 Å². The van der Waals surface area contributed by atoms with Gasteiger partial charge in [-0.15, -0.1) is 0 Å². The van der Waals surface area contributed by atoms with Gasteiger partial charge in [0.15, 0.2) is 0 Å². The topological polar surface area (TPSA) is 122 Å². The highest BCUT2D eigenvalue weighted by molar-refractivity contribution is 9.09. The first-order valence-electron chi connectivity index (χ1n) is 6.14. The van der Waals surface area contributed by atoms with Gasteiger partial charge in [-0.05, 0) is 12.8 Å². The lowest BCUT2D eigenvalue weighted by Crippen LogP contribution is -2.49. The molecule has 112 valence electrons. The Morgan fingerprint density at radius 2 is 1.90 bits per heavy atom. The maximum absolute atomic E-state index is 11.9. The van der Waals surface area contributed by atoms with Crippen LogP contribution in [0.2, 0.25) is 0 Å². The fourth-order valence-corrected chi connectivity index (χ4v) is 2.27. The van der Waals surface area contributed by atoms with Gasteiger partial charge in [0, 0.05) is 6.54 Å². The fraction of sp³-hybridized carbons (Fsp3) is 0.636. The Kier molecular flexibility index (Phi) is 6.43. The molecular weight excluding hydrogens is 332 g/mol. The lowest BCUT2D eigenvalue weighted by Gasteiger charge is -2.23. The molecule has 4 amide bonds. The quantitative estimate of drug-likeness (QED) is 0.485. The van der Waals surface area contributed by atoms with Crippen LogP contribution in [0.3, 0.4) is 0 Å². The number of hydrogen-bond donors (Lipinski definition) is 3. The second kappa shape index (κ2) is 7.83. The first kappa shape index (κ1) is 16.4. The Bertz CT molecular complexity index is 415. The second-order valence-electron chi connectivity index (χ2n) is 4.34. The van der Waals surface area contributed by atoms with Crippen LogP contribution in [0.4, 0.5) is 0 Å². The van der Waals surface area contributed by atoms with Gasteiger partial charge < -0.3 is 21.3 Å². The summed E-state index contributed by atoms with van der Waals surface area (Å²) >= 11 is 3.07. The molecule has 0 aromatic heterocycles. The van der Waals surface area contributed by atoms with Gasteiger partial charge in [-0.3, -0.25) is 19.2 Å². The van der Waals surface area contributed by atoms with Crippen molar-refractivity contribution in [3.63, 3.8) is 0 Å². The number of hydrogen-bond acceptors (Lipinski definition) is 4. The Hall–Kier alpha value is -1.64. The Labute approximate surface area is 124 Å². The third-order valence-corrected chi connectivity index (χ3v) is 3.35. The first-order chi connectivity index (χ1) is 9.45. The third-order valence-electron chi connectivity index (χ3n) is 2.87. The normalized spacial score (nSPS) is 17.6. The molecule has 1 aliphatic heterocycles. The number of alkyl halides is 1. The minimum Gasteiger partial charge on any atom is -0.368 e. The van der Waals surface area contributed by atoms with Gasteiger partial charge in [-0.25, -0.2) is 0 Å². The number of amides is 4. The maximum Gasteiger partial charge on any atom is 0.243 e. The van der Waals surface area contributed by atoms with Crippen molar-refractivity contribution in [2.24, 2.45) is 5.73 Å². The summed E-state index contributed by atoms with van der Waals surface area (Å²) in [6.07, 6.45) is 1.33. The summed E-state index contributed by atoms with van der Waals surface area (Å²) < 4.78 is 0. The number of likely N-dealkylation sites (tertiary alicyclic amines) is 1.